The molecule has 1 aromatic heterocycles. The van der Waals surface area contributed by atoms with Gasteiger partial charge in [0.2, 0.25) is 0 Å². The summed E-state index contributed by atoms with van der Waals surface area (Å²) in [5.41, 5.74) is 2.17. The average molecular weight is 238 g/mol. The van der Waals surface area contributed by atoms with Gasteiger partial charge < -0.3 is 0 Å². The van der Waals surface area contributed by atoms with Crippen LogP contribution in [0.2, 0.25) is 0 Å². The van der Waals surface area contributed by atoms with Crippen LogP contribution in [-0.2, 0) is 6.42 Å². The number of nitrogens with one attached hydrogen (secondary N) is 1. The number of rotatable bonds is 2. The van der Waals surface area contributed by atoms with E-state index in [-0.39, 0.29) is 0 Å². The Morgan fingerprint density at radius 1 is 1.31 bits per heavy atom. The third-order valence-electron chi connectivity index (χ3n) is 1.80. The van der Waals surface area contributed by atoms with Crippen molar-refractivity contribution >= 4 is 15.9 Å². The SMILES string of the molecule is Brc1ccccc1Cc1c[nH]nn1. The molecule has 0 aliphatic rings. The van der Waals surface area contributed by atoms with Crippen molar-refractivity contribution in [2.45, 2.75) is 6.42 Å². The number of hydrogen-bond donors (Lipinski definition) is 1. The summed E-state index contributed by atoms with van der Waals surface area (Å²) < 4.78 is 1.11. The quantitative estimate of drug-likeness (QED) is 0.870. The van der Waals surface area contributed by atoms with E-state index >= 15 is 0 Å². The highest BCUT2D eigenvalue weighted by molar-refractivity contribution is 9.10. The molecule has 0 aliphatic heterocycles. The Hall–Kier alpha value is -1.16. The number of benzene rings is 1. The molecule has 1 heterocycles. The molecule has 0 aliphatic carbocycles. The summed E-state index contributed by atoms with van der Waals surface area (Å²) in [7, 11) is 0. The summed E-state index contributed by atoms with van der Waals surface area (Å²) in [6.07, 6.45) is 2.61. The van der Waals surface area contributed by atoms with Crippen LogP contribution in [-0.4, -0.2) is 15.4 Å². The zero-order chi connectivity index (χ0) is 9.10. The summed E-state index contributed by atoms with van der Waals surface area (Å²) >= 11 is 3.48. The van der Waals surface area contributed by atoms with Gasteiger partial charge in [0.15, 0.2) is 0 Å². The molecule has 1 aromatic carbocycles. The molecule has 4 heteroatoms. The number of aromatic nitrogens is 3. The summed E-state index contributed by atoms with van der Waals surface area (Å²) in [6.45, 7) is 0. The first-order chi connectivity index (χ1) is 6.36. The van der Waals surface area contributed by atoms with Crippen LogP contribution in [0.4, 0.5) is 0 Å². The van der Waals surface area contributed by atoms with Crippen LogP contribution >= 0.6 is 15.9 Å². The fraction of sp³-hybridized carbons (Fsp3) is 0.111. The van der Waals surface area contributed by atoms with Crippen molar-refractivity contribution in [2.24, 2.45) is 0 Å². The molecule has 13 heavy (non-hydrogen) atoms. The van der Waals surface area contributed by atoms with E-state index in [4.69, 9.17) is 0 Å². The maximum absolute atomic E-state index is 3.93. The summed E-state index contributed by atoms with van der Waals surface area (Å²) in [5.74, 6) is 0. The van der Waals surface area contributed by atoms with E-state index in [1.807, 2.05) is 18.2 Å². The number of nitrogens with zero attached hydrogens (tertiary/aromatic N) is 2. The molecule has 0 unspecified atom stereocenters. The standard InChI is InChI=1S/C9H8BrN3/c10-9-4-2-1-3-7(9)5-8-6-11-13-12-8/h1-4,6H,5H2,(H,11,12,13). The highest BCUT2D eigenvalue weighted by Gasteiger charge is 2.01. The molecule has 0 spiro atoms. The molecule has 0 bridgehead atoms. The van der Waals surface area contributed by atoms with E-state index in [9.17, 15) is 0 Å². The predicted octanol–water partition coefficient (Wildman–Crippen LogP) is 2.16. The molecule has 2 aromatic rings. The number of aromatic amines is 1. The Bertz CT molecular complexity index is 384. The highest BCUT2D eigenvalue weighted by atomic mass is 79.9. The molecule has 0 saturated heterocycles. The smallest absolute Gasteiger partial charge is 0.0868 e. The Kier molecular flexibility index (Phi) is 2.40. The fourth-order valence-electron chi connectivity index (χ4n) is 1.15. The van der Waals surface area contributed by atoms with Crippen molar-refractivity contribution in [2.75, 3.05) is 0 Å². The highest BCUT2D eigenvalue weighted by Crippen LogP contribution is 2.17. The zero-order valence-electron chi connectivity index (χ0n) is 6.87. The molecule has 3 nitrogen and oxygen atoms in total. The summed E-state index contributed by atoms with van der Waals surface area (Å²) in [4.78, 5) is 0. The van der Waals surface area contributed by atoms with E-state index in [1.54, 1.807) is 6.20 Å². The first-order valence-electron chi connectivity index (χ1n) is 3.95. The van der Waals surface area contributed by atoms with Crippen LogP contribution in [0.5, 0.6) is 0 Å². The van der Waals surface area contributed by atoms with Crippen molar-refractivity contribution in [3.8, 4) is 0 Å². The zero-order valence-corrected chi connectivity index (χ0v) is 8.45. The lowest BCUT2D eigenvalue weighted by Gasteiger charge is -1.99. The predicted molar refractivity (Wildman–Crippen MR) is 53.3 cm³/mol. The van der Waals surface area contributed by atoms with Gasteiger partial charge in [-0.25, -0.2) is 0 Å². The number of hydrogen-bond acceptors (Lipinski definition) is 2. The molecule has 0 saturated carbocycles. The van der Waals surface area contributed by atoms with Crippen molar-refractivity contribution in [1.82, 2.24) is 15.4 Å². The van der Waals surface area contributed by atoms with E-state index in [0.717, 1.165) is 16.6 Å². The van der Waals surface area contributed by atoms with Crippen molar-refractivity contribution in [3.63, 3.8) is 0 Å². The van der Waals surface area contributed by atoms with Gasteiger partial charge in [-0.05, 0) is 11.6 Å². The van der Waals surface area contributed by atoms with Crippen LogP contribution in [0.15, 0.2) is 34.9 Å². The van der Waals surface area contributed by atoms with Crippen LogP contribution in [0.25, 0.3) is 0 Å². The maximum atomic E-state index is 3.93. The normalized spacial score (nSPS) is 10.2. The molecular formula is C9H8BrN3. The topological polar surface area (TPSA) is 41.6 Å². The van der Waals surface area contributed by atoms with Gasteiger partial charge in [-0.15, -0.1) is 5.10 Å². The van der Waals surface area contributed by atoms with Gasteiger partial charge in [0, 0.05) is 17.1 Å². The summed E-state index contributed by atoms with van der Waals surface area (Å²) in [6, 6.07) is 8.10. The first-order valence-corrected chi connectivity index (χ1v) is 4.74. The third-order valence-corrected chi connectivity index (χ3v) is 2.57. The van der Waals surface area contributed by atoms with Crippen LogP contribution < -0.4 is 0 Å². The van der Waals surface area contributed by atoms with E-state index in [0.29, 0.717) is 0 Å². The second kappa shape index (κ2) is 3.70. The van der Waals surface area contributed by atoms with Gasteiger partial charge >= 0.3 is 0 Å². The molecule has 0 amide bonds. The largest absolute Gasteiger partial charge is 0.265 e. The second-order valence-electron chi connectivity index (χ2n) is 2.73. The number of H-pyrrole nitrogens is 1. The first kappa shape index (κ1) is 8.44. The monoisotopic (exact) mass is 237 g/mol. The molecule has 0 radical (unpaired) electrons. The lowest BCUT2D eigenvalue weighted by molar-refractivity contribution is 0.914. The number of halogens is 1. The lowest BCUT2D eigenvalue weighted by Crippen LogP contribution is -1.89. The molecule has 0 atom stereocenters. The van der Waals surface area contributed by atoms with Gasteiger partial charge in [-0.3, -0.25) is 5.10 Å². The average Bonchev–Trinajstić information content (AvgIpc) is 2.61. The molecular weight excluding hydrogens is 230 g/mol. The van der Waals surface area contributed by atoms with Gasteiger partial charge in [0.25, 0.3) is 0 Å². The van der Waals surface area contributed by atoms with Crippen molar-refractivity contribution in [1.29, 1.82) is 0 Å². The van der Waals surface area contributed by atoms with Crippen molar-refractivity contribution < 1.29 is 0 Å². The Balaban J connectivity index is 2.24. The fourth-order valence-corrected chi connectivity index (χ4v) is 1.57. The molecule has 66 valence electrons. The molecule has 1 N–H and O–H groups in total. The molecule has 2 rings (SSSR count). The minimum atomic E-state index is 0.803. The Morgan fingerprint density at radius 2 is 2.15 bits per heavy atom. The minimum Gasteiger partial charge on any atom is -0.265 e. The van der Waals surface area contributed by atoms with E-state index < -0.39 is 0 Å². The minimum absolute atomic E-state index is 0.803. The van der Waals surface area contributed by atoms with E-state index in [1.165, 1.54) is 5.56 Å². The molecule has 0 fully saturated rings. The van der Waals surface area contributed by atoms with E-state index in [2.05, 4.69) is 37.4 Å². The Morgan fingerprint density at radius 3 is 2.85 bits per heavy atom. The lowest BCUT2D eigenvalue weighted by atomic mass is 10.1. The summed E-state index contributed by atoms with van der Waals surface area (Å²) in [5, 5.41) is 10.3. The Labute approximate surface area is 84.3 Å². The van der Waals surface area contributed by atoms with Gasteiger partial charge in [0.05, 0.1) is 5.69 Å². The maximum Gasteiger partial charge on any atom is 0.0868 e. The van der Waals surface area contributed by atoms with Gasteiger partial charge in [-0.1, -0.05) is 39.3 Å². The van der Waals surface area contributed by atoms with Crippen LogP contribution in [0, 0.1) is 0 Å². The third kappa shape index (κ3) is 1.95. The van der Waals surface area contributed by atoms with Crippen LogP contribution in [0.3, 0.4) is 0 Å². The van der Waals surface area contributed by atoms with Crippen molar-refractivity contribution in [3.05, 3.63) is 46.2 Å². The van der Waals surface area contributed by atoms with Crippen LogP contribution in [0.1, 0.15) is 11.3 Å². The van der Waals surface area contributed by atoms with Gasteiger partial charge in [-0.2, -0.15) is 0 Å². The van der Waals surface area contributed by atoms with Gasteiger partial charge in [0.1, 0.15) is 0 Å². The second-order valence-corrected chi connectivity index (χ2v) is 3.59.